The minimum Gasteiger partial charge on any atom is -0.459 e. The Labute approximate surface area is 290 Å². The number of ketones is 1. The van der Waals surface area contributed by atoms with Crippen LogP contribution in [0, 0.1) is 16.7 Å². The maximum atomic E-state index is 14.7. The number of carbonyl (C=O) groups is 5. The number of nitrogens with one attached hydrogen (secondary N) is 1. The third-order valence-corrected chi connectivity index (χ3v) is 11.6. The van der Waals surface area contributed by atoms with E-state index in [1.807, 2.05) is 0 Å². The molecule has 1 amide bonds. The second kappa shape index (κ2) is 13.1. The predicted molar refractivity (Wildman–Crippen MR) is 173 cm³/mol. The van der Waals surface area contributed by atoms with Gasteiger partial charge in [0.05, 0.1) is 30.1 Å². The average molecular weight is 702 g/mol. The van der Waals surface area contributed by atoms with E-state index in [-0.39, 0.29) is 30.6 Å². The Balaban J connectivity index is 1.67. The number of aliphatic hydroxyl groups is 4. The van der Waals surface area contributed by atoms with Crippen LogP contribution in [-0.4, -0.2) is 104 Å². The van der Waals surface area contributed by atoms with Gasteiger partial charge in [0.1, 0.15) is 30.0 Å². The molecule has 2 bridgehead atoms. The van der Waals surface area contributed by atoms with E-state index in [2.05, 4.69) is 5.32 Å². The van der Waals surface area contributed by atoms with Gasteiger partial charge in [-0.15, -0.1) is 0 Å². The lowest BCUT2D eigenvalue weighted by atomic mass is 9.44. The average Bonchev–Trinajstić information content (AvgIpc) is 3.05. The van der Waals surface area contributed by atoms with E-state index < -0.39 is 107 Å². The molecule has 5 rings (SSSR count). The summed E-state index contributed by atoms with van der Waals surface area (Å²) in [6.07, 6.45) is -10.1. The molecule has 1 heterocycles. The number of hydrogen-bond acceptors (Lipinski definition) is 13. The topological polar surface area (TPSA) is 215 Å². The molecule has 11 atom stereocenters. The van der Waals surface area contributed by atoms with Crippen LogP contribution in [0.15, 0.2) is 41.5 Å². The van der Waals surface area contributed by atoms with Gasteiger partial charge in [-0.3, -0.25) is 19.2 Å². The monoisotopic (exact) mass is 701 g/mol. The Morgan fingerprint density at radius 1 is 1.06 bits per heavy atom. The fourth-order valence-corrected chi connectivity index (χ4v) is 8.81. The van der Waals surface area contributed by atoms with Crippen molar-refractivity contribution in [3.8, 4) is 0 Å². The molecule has 274 valence electrons. The van der Waals surface area contributed by atoms with Crippen LogP contribution >= 0.6 is 0 Å². The zero-order valence-electron chi connectivity index (χ0n) is 29.3. The molecule has 1 aliphatic heterocycles. The second-order valence-electron chi connectivity index (χ2n) is 14.7. The summed E-state index contributed by atoms with van der Waals surface area (Å²) in [5.41, 5.74) is -6.83. The van der Waals surface area contributed by atoms with Crippen molar-refractivity contribution in [2.24, 2.45) is 16.7 Å². The fraction of sp³-hybridized carbons (Fsp3) is 0.639. The predicted octanol–water partition coefficient (Wildman–Crippen LogP) is 0.967. The van der Waals surface area contributed by atoms with Crippen molar-refractivity contribution in [1.82, 2.24) is 5.32 Å². The Bertz CT molecular complexity index is 1590. The molecule has 3 aliphatic carbocycles. The summed E-state index contributed by atoms with van der Waals surface area (Å²) in [7, 11) is 0. The molecule has 0 spiro atoms. The number of hydrogen-bond donors (Lipinski definition) is 5. The highest BCUT2D eigenvalue weighted by Gasteiger charge is 2.78. The Morgan fingerprint density at radius 3 is 2.24 bits per heavy atom. The molecule has 1 aromatic carbocycles. The molecular weight excluding hydrogens is 654 g/mol. The summed E-state index contributed by atoms with van der Waals surface area (Å²) in [4.78, 5) is 66.2. The van der Waals surface area contributed by atoms with Crippen LogP contribution in [0.4, 0.5) is 0 Å². The van der Waals surface area contributed by atoms with Crippen LogP contribution in [0.2, 0.25) is 0 Å². The largest absolute Gasteiger partial charge is 0.459 e. The first-order chi connectivity index (χ1) is 23.3. The second-order valence-corrected chi connectivity index (χ2v) is 14.7. The zero-order valence-corrected chi connectivity index (χ0v) is 29.3. The highest BCUT2D eigenvalue weighted by molar-refractivity contribution is 5.93. The molecule has 14 nitrogen and oxygen atoms in total. The normalized spacial score (nSPS) is 37.0. The van der Waals surface area contributed by atoms with Crippen molar-refractivity contribution in [3.63, 3.8) is 0 Å². The molecule has 1 saturated heterocycles. The maximum Gasteiger partial charge on any atom is 0.338 e. The summed E-state index contributed by atoms with van der Waals surface area (Å²) in [6, 6.07) is 7.05. The first-order valence-corrected chi connectivity index (χ1v) is 16.8. The fourth-order valence-electron chi connectivity index (χ4n) is 8.81. The first-order valence-electron chi connectivity index (χ1n) is 16.8. The number of esters is 3. The highest BCUT2D eigenvalue weighted by Crippen LogP contribution is 2.64. The Hall–Kier alpha value is -3.69. The van der Waals surface area contributed by atoms with E-state index in [0.717, 1.165) is 6.92 Å². The maximum absolute atomic E-state index is 14.7. The number of Topliss-reactive ketones (excluding diaryl/α,β-unsaturated/α-hetero) is 1. The summed E-state index contributed by atoms with van der Waals surface area (Å²) in [6.45, 7) is 9.69. The van der Waals surface area contributed by atoms with E-state index in [4.69, 9.17) is 18.9 Å². The van der Waals surface area contributed by atoms with Crippen molar-refractivity contribution in [1.29, 1.82) is 0 Å². The third kappa shape index (κ3) is 5.65. The van der Waals surface area contributed by atoms with E-state index in [1.165, 1.54) is 27.7 Å². The molecule has 2 saturated carbocycles. The summed E-state index contributed by atoms with van der Waals surface area (Å²) in [5, 5.41) is 50.5. The smallest absolute Gasteiger partial charge is 0.338 e. The van der Waals surface area contributed by atoms with Gasteiger partial charge in [-0.2, -0.15) is 0 Å². The van der Waals surface area contributed by atoms with E-state index in [9.17, 15) is 44.4 Å². The van der Waals surface area contributed by atoms with Crippen molar-refractivity contribution in [2.75, 3.05) is 6.61 Å². The van der Waals surface area contributed by atoms with Crippen LogP contribution in [0.5, 0.6) is 0 Å². The minimum atomic E-state index is -2.25. The van der Waals surface area contributed by atoms with Gasteiger partial charge < -0.3 is 44.7 Å². The van der Waals surface area contributed by atoms with E-state index in [0.29, 0.717) is 5.56 Å². The first kappa shape index (κ1) is 37.6. The molecule has 0 radical (unpaired) electrons. The molecule has 0 aromatic heterocycles. The SMILES string of the molecule is CCC(=O)O[C@H]1[C@@H]2[C@]3(OC(C)=O)CO[C@@H]3C[C@H](O)[C@@]2(C)C(=O)[C@H](O)C2=C(C)C(OC(=O)[C@H](O)[C@@H](NC(C)=O)c3ccccc3)C[C@]1(O)C2(C)C. The van der Waals surface area contributed by atoms with Gasteiger partial charge in [0.25, 0.3) is 0 Å². The number of fused-ring (bicyclic) bond motifs is 5. The van der Waals surface area contributed by atoms with Gasteiger partial charge in [-0.05, 0) is 30.6 Å². The standard InChI is InChI=1S/C36H47NO13/c1-8-24(41)49-31-29-34(7,22(40)14-23-35(29,16-47-23)50-19(4)39)30(44)27(42)25-17(2)21(15-36(31,46)33(25,5)6)48-32(45)28(43)26(37-18(3)38)20-12-10-9-11-13-20/h9-13,21-23,26-29,31,40,42-43,46H,8,14-16H2,1-7H3,(H,37,38)/t21?,22-,23+,26-,27+,28+,29-,31-,34+,35-,36+/m0/s1. The number of ether oxygens (including phenoxy) is 4. The minimum absolute atomic E-state index is 0.0250. The summed E-state index contributed by atoms with van der Waals surface area (Å²) < 4.78 is 23.6. The molecule has 4 aliphatic rings. The Morgan fingerprint density at radius 2 is 1.70 bits per heavy atom. The lowest BCUT2D eigenvalue weighted by molar-refractivity contribution is -0.347. The third-order valence-electron chi connectivity index (χ3n) is 11.6. The molecular formula is C36H47NO13. The number of rotatable bonds is 8. The number of amides is 1. The highest BCUT2D eigenvalue weighted by atomic mass is 16.6. The van der Waals surface area contributed by atoms with Gasteiger partial charge in [-0.25, -0.2) is 4.79 Å². The molecule has 5 N–H and O–H groups in total. The van der Waals surface area contributed by atoms with Gasteiger partial charge in [-0.1, -0.05) is 51.1 Å². The molecule has 3 fully saturated rings. The van der Waals surface area contributed by atoms with Crippen molar-refractivity contribution >= 4 is 29.6 Å². The van der Waals surface area contributed by atoms with E-state index in [1.54, 1.807) is 44.2 Å². The molecule has 1 aromatic rings. The zero-order chi connectivity index (χ0) is 37.1. The van der Waals surface area contributed by atoms with Crippen LogP contribution in [0.25, 0.3) is 0 Å². The van der Waals surface area contributed by atoms with Crippen LogP contribution < -0.4 is 5.32 Å². The van der Waals surface area contributed by atoms with E-state index >= 15 is 0 Å². The summed E-state index contributed by atoms with van der Waals surface area (Å²) in [5.74, 6) is -5.54. The lowest BCUT2D eigenvalue weighted by Gasteiger charge is -2.67. The van der Waals surface area contributed by atoms with Gasteiger partial charge >= 0.3 is 17.9 Å². The number of carbonyl (C=O) groups excluding carboxylic acids is 5. The van der Waals surface area contributed by atoms with Crippen LogP contribution in [0.1, 0.15) is 79.3 Å². The van der Waals surface area contributed by atoms with Gasteiger partial charge in [0.15, 0.2) is 17.5 Å². The van der Waals surface area contributed by atoms with Gasteiger partial charge in [0, 0.05) is 38.5 Å². The molecule has 14 heteroatoms. The number of benzene rings is 1. The molecule has 50 heavy (non-hydrogen) atoms. The summed E-state index contributed by atoms with van der Waals surface area (Å²) >= 11 is 0. The van der Waals surface area contributed by atoms with Crippen molar-refractivity contribution < 1.29 is 63.3 Å². The lowest BCUT2D eigenvalue weighted by Crippen LogP contribution is -2.81. The van der Waals surface area contributed by atoms with Crippen molar-refractivity contribution in [3.05, 3.63) is 47.0 Å². The van der Waals surface area contributed by atoms with Gasteiger partial charge in [0.2, 0.25) is 5.91 Å². The van der Waals surface area contributed by atoms with Crippen molar-refractivity contribution in [2.45, 2.75) is 122 Å². The number of aliphatic hydroxyl groups excluding tert-OH is 3. The molecule has 1 unspecified atom stereocenters. The Kier molecular flexibility index (Phi) is 9.86. The quantitative estimate of drug-likeness (QED) is 0.145. The van der Waals surface area contributed by atoms with Crippen LogP contribution in [-0.2, 0) is 42.9 Å². The van der Waals surface area contributed by atoms with Crippen LogP contribution in [0.3, 0.4) is 0 Å².